The van der Waals surface area contributed by atoms with E-state index in [0.29, 0.717) is 5.56 Å². The van der Waals surface area contributed by atoms with Gasteiger partial charge in [0.1, 0.15) is 6.17 Å². The normalized spacial score (nSPS) is 17.1. The van der Waals surface area contributed by atoms with Crippen LogP contribution in [-0.4, -0.2) is 43.5 Å². The Hall–Kier alpha value is -3.08. The second-order valence-electron chi connectivity index (χ2n) is 6.41. The molecule has 0 spiro atoms. The molecule has 0 saturated carbocycles. The van der Waals surface area contributed by atoms with Crippen LogP contribution in [-0.2, 0) is 4.79 Å². The average Bonchev–Trinajstić information content (AvgIpc) is 2.66. The number of benzene rings is 2. The second kappa shape index (κ2) is 7.44. The number of rotatable bonds is 4. The molecule has 0 bridgehead atoms. The maximum Gasteiger partial charge on any atom is 0.257 e. The van der Waals surface area contributed by atoms with Crippen molar-refractivity contribution in [1.82, 2.24) is 10.2 Å². The number of carbonyl (C=O) groups excluding carboxylic acids is 2. The van der Waals surface area contributed by atoms with Crippen molar-refractivity contribution in [3.05, 3.63) is 71.3 Å². The molecule has 1 atom stereocenters. The van der Waals surface area contributed by atoms with Crippen molar-refractivity contribution >= 4 is 23.6 Å². The van der Waals surface area contributed by atoms with Crippen LogP contribution < -0.4 is 10.2 Å². The Morgan fingerprint density at radius 2 is 1.77 bits per heavy atom. The van der Waals surface area contributed by atoms with Gasteiger partial charge < -0.3 is 15.1 Å². The topological polar surface area (TPSA) is 52.7 Å². The summed E-state index contributed by atoms with van der Waals surface area (Å²) in [6.45, 7) is 2.17. The minimum atomic E-state index is -0.324. The number of nitrogens with zero attached hydrogens (tertiary/aromatic N) is 2. The number of anilines is 1. The Labute approximate surface area is 153 Å². The van der Waals surface area contributed by atoms with Gasteiger partial charge in [0.25, 0.3) is 5.91 Å². The number of fused-ring (bicyclic) bond motifs is 1. The minimum Gasteiger partial charge on any atom is -0.358 e. The summed E-state index contributed by atoms with van der Waals surface area (Å²) in [5.41, 5.74) is 3.45. The van der Waals surface area contributed by atoms with E-state index < -0.39 is 0 Å². The van der Waals surface area contributed by atoms with Gasteiger partial charge in [-0.25, -0.2) is 0 Å². The van der Waals surface area contributed by atoms with Crippen molar-refractivity contribution in [3.63, 3.8) is 0 Å². The van der Waals surface area contributed by atoms with E-state index in [1.54, 1.807) is 25.1 Å². The molecule has 1 aliphatic heterocycles. The van der Waals surface area contributed by atoms with Crippen LogP contribution in [0.5, 0.6) is 0 Å². The summed E-state index contributed by atoms with van der Waals surface area (Å²) in [7, 11) is 3.40. The number of para-hydroxylation sites is 1. The first-order valence-electron chi connectivity index (χ1n) is 8.59. The molecule has 5 nitrogen and oxygen atoms in total. The fourth-order valence-corrected chi connectivity index (χ4v) is 3.39. The third-order valence-corrected chi connectivity index (χ3v) is 4.62. The number of hydrogen-bond donors (Lipinski definition) is 1. The molecule has 3 rings (SSSR count). The number of hydrogen-bond acceptors (Lipinski definition) is 3. The van der Waals surface area contributed by atoms with E-state index in [0.717, 1.165) is 16.8 Å². The Morgan fingerprint density at radius 1 is 1.12 bits per heavy atom. The van der Waals surface area contributed by atoms with Crippen LogP contribution in [0.15, 0.2) is 60.2 Å². The van der Waals surface area contributed by atoms with Crippen LogP contribution in [0.4, 0.5) is 5.69 Å². The molecule has 1 aliphatic rings. The van der Waals surface area contributed by atoms with E-state index >= 15 is 0 Å². The highest BCUT2D eigenvalue weighted by molar-refractivity contribution is 6.03. The van der Waals surface area contributed by atoms with E-state index in [1.165, 1.54) is 0 Å². The Morgan fingerprint density at radius 3 is 2.46 bits per heavy atom. The molecule has 5 heteroatoms. The predicted octanol–water partition coefficient (Wildman–Crippen LogP) is 2.75. The van der Waals surface area contributed by atoms with Crippen LogP contribution in [0.25, 0.3) is 6.08 Å². The summed E-state index contributed by atoms with van der Waals surface area (Å²) in [5.74, 6) is -0.139. The molecule has 0 aromatic heterocycles. The Bertz CT molecular complexity index is 845. The maximum atomic E-state index is 12.9. The van der Waals surface area contributed by atoms with Gasteiger partial charge in [-0.2, -0.15) is 0 Å². The molecule has 1 heterocycles. The molecule has 1 N–H and O–H groups in total. The summed E-state index contributed by atoms with van der Waals surface area (Å²) in [4.78, 5) is 28.7. The number of carbonyl (C=O) groups is 2. The largest absolute Gasteiger partial charge is 0.358 e. The highest BCUT2D eigenvalue weighted by Crippen LogP contribution is 2.33. The first-order chi connectivity index (χ1) is 12.5. The quantitative estimate of drug-likeness (QED) is 0.923. The molecule has 2 aromatic carbocycles. The van der Waals surface area contributed by atoms with Crippen LogP contribution in [0, 0.1) is 0 Å². The third kappa shape index (κ3) is 3.33. The minimum absolute atomic E-state index is 0.0421. The third-order valence-electron chi connectivity index (χ3n) is 4.62. The number of likely N-dealkylation sites (N-methyl/N-ethyl adjacent to an activating group) is 2. The summed E-state index contributed by atoms with van der Waals surface area (Å²) < 4.78 is 0. The zero-order chi connectivity index (χ0) is 18.7. The molecule has 134 valence electrons. The molecular weight excluding hydrogens is 326 g/mol. The molecule has 0 saturated heterocycles. The van der Waals surface area contributed by atoms with Crippen LogP contribution in [0.1, 0.15) is 22.8 Å². The highest BCUT2D eigenvalue weighted by Gasteiger charge is 2.36. The van der Waals surface area contributed by atoms with Gasteiger partial charge in [-0.1, -0.05) is 48.5 Å². The standard InChI is InChI=1S/C21H23N3O2/c1-15(13-16-9-5-4-6-10-16)20-23(3)21(26)17-11-7-8-12-18(17)24(20)14-19(25)22-2/h4-13,20H,14H2,1-3H3,(H,22,25). The highest BCUT2D eigenvalue weighted by atomic mass is 16.2. The fourth-order valence-electron chi connectivity index (χ4n) is 3.39. The van der Waals surface area contributed by atoms with E-state index in [1.807, 2.05) is 60.4 Å². The lowest BCUT2D eigenvalue weighted by molar-refractivity contribution is -0.119. The van der Waals surface area contributed by atoms with Gasteiger partial charge >= 0.3 is 0 Å². The Kier molecular flexibility index (Phi) is 5.07. The number of nitrogens with one attached hydrogen (secondary N) is 1. The van der Waals surface area contributed by atoms with Crippen LogP contribution in [0.3, 0.4) is 0 Å². The van der Waals surface area contributed by atoms with E-state index in [4.69, 9.17) is 0 Å². The molecule has 0 radical (unpaired) electrons. The van der Waals surface area contributed by atoms with E-state index in [-0.39, 0.29) is 24.5 Å². The zero-order valence-corrected chi connectivity index (χ0v) is 15.3. The fraction of sp³-hybridized carbons (Fsp3) is 0.238. The van der Waals surface area contributed by atoms with Crippen LogP contribution >= 0.6 is 0 Å². The summed E-state index contributed by atoms with van der Waals surface area (Å²) in [6, 6.07) is 17.4. The van der Waals surface area contributed by atoms with Gasteiger partial charge in [-0.3, -0.25) is 9.59 Å². The summed E-state index contributed by atoms with van der Waals surface area (Å²) in [5, 5.41) is 2.67. The van der Waals surface area contributed by atoms with Crippen molar-refractivity contribution in [3.8, 4) is 0 Å². The van der Waals surface area contributed by atoms with Crippen molar-refractivity contribution in [2.24, 2.45) is 0 Å². The molecule has 26 heavy (non-hydrogen) atoms. The first kappa shape index (κ1) is 17.7. The predicted molar refractivity (Wildman–Crippen MR) is 104 cm³/mol. The molecular formula is C21H23N3O2. The lowest BCUT2D eigenvalue weighted by Crippen LogP contribution is -2.56. The molecule has 0 fully saturated rings. The van der Waals surface area contributed by atoms with Gasteiger partial charge in [0.05, 0.1) is 17.8 Å². The van der Waals surface area contributed by atoms with Gasteiger partial charge in [-0.05, 0) is 30.2 Å². The van der Waals surface area contributed by atoms with Crippen molar-refractivity contribution < 1.29 is 9.59 Å². The van der Waals surface area contributed by atoms with E-state index in [2.05, 4.69) is 11.4 Å². The first-order valence-corrected chi connectivity index (χ1v) is 8.59. The van der Waals surface area contributed by atoms with Gasteiger partial charge in [0, 0.05) is 14.1 Å². The SMILES string of the molecule is CNC(=O)CN1c2ccccc2C(=O)N(C)C1C(C)=Cc1ccccc1. The summed E-state index contributed by atoms with van der Waals surface area (Å²) >= 11 is 0. The maximum absolute atomic E-state index is 12.9. The smallest absolute Gasteiger partial charge is 0.257 e. The molecule has 0 aliphatic carbocycles. The van der Waals surface area contributed by atoms with Gasteiger partial charge in [0.15, 0.2) is 0 Å². The number of amides is 2. The molecule has 2 aromatic rings. The lowest BCUT2D eigenvalue weighted by atomic mass is 10.0. The monoisotopic (exact) mass is 349 g/mol. The van der Waals surface area contributed by atoms with E-state index in [9.17, 15) is 9.59 Å². The van der Waals surface area contributed by atoms with Crippen molar-refractivity contribution in [2.75, 3.05) is 25.5 Å². The van der Waals surface area contributed by atoms with Gasteiger partial charge in [0.2, 0.25) is 5.91 Å². The lowest BCUT2D eigenvalue weighted by Gasteiger charge is -2.44. The van der Waals surface area contributed by atoms with Crippen molar-refractivity contribution in [2.45, 2.75) is 13.1 Å². The Balaban J connectivity index is 2.07. The second-order valence-corrected chi connectivity index (χ2v) is 6.41. The van der Waals surface area contributed by atoms with Crippen LogP contribution in [0.2, 0.25) is 0 Å². The summed E-state index contributed by atoms with van der Waals surface area (Å²) in [6.07, 6.45) is 1.73. The average molecular weight is 349 g/mol. The zero-order valence-electron chi connectivity index (χ0n) is 15.3. The van der Waals surface area contributed by atoms with Gasteiger partial charge in [-0.15, -0.1) is 0 Å². The molecule has 1 unspecified atom stereocenters. The molecule has 2 amide bonds. The van der Waals surface area contributed by atoms with Crippen molar-refractivity contribution in [1.29, 1.82) is 0 Å².